The Morgan fingerprint density at radius 2 is 2.60 bits per heavy atom. The maximum Gasteiger partial charge on any atom is -0.00922 e. The van der Waals surface area contributed by atoms with E-state index in [1.165, 1.54) is 14.0 Å². The standard InChI is InChI=1S/C2H6P2S/c1-2-3-4-5/h4H,2H2,1H3. The third-order valence-corrected chi connectivity index (χ3v) is 3.17. The second-order valence-electron chi connectivity index (χ2n) is 0.566. The maximum atomic E-state index is 4.67. The van der Waals surface area contributed by atoms with Gasteiger partial charge in [0.15, 0.2) is 0 Å². The molecule has 0 fully saturated rings. The highest BCUT2D eigenvalue weighted by Gasteiger charge is 1.50. The summed E-state index contributed by atoms with van der Waals surface area (Å²) in [6.45, 7) is 2.85. The molecule has 0 aromatic carbocycles. The molecule has 0 heterocycles. The highest BCUT2D eigenvalue weighted by atomic mass is 32.5. The van der Waals surface area contributed by atoms with E-state index in [-0.39, 0.29) is 0 Å². The van der Waals surface area contributed by atoms with Gasteiger partial charge in [0.1, 0.15) is 0 Å². The van der Waals surface area contributed by atoms with E-state index in [1.807, 2.05) is 0 Å². The summed E-state index contributed by atoms with van der Waals surface area (Å²) in [6, 6.07) is 0. The zero-order valence-electron chi connectivity index (χ0n) is 3.06. The Kier molecular flexibility index (Phi) is 5.61. The first-order valence-electron chi connectivity index (χ1n) is 1.45. The highest BCUT2D eigenvalue weighted by molar-refractivity contribution is 8.10. The highest BCUT2D eigenvalue weighted by Crippen LogP contribution is 2.01. The Hall–Kier alpha value is 0.820. The smallest absolute Gasteiger partial charge is 0.00922 e. The maximum absolute atomic E-state index is 4.67. The van der Waals surface area contributed by atoms with E-state index in [4.69, 9.17) is 0 Å². The Labute approximate surface area is 40.1 Å². The average molecular weight is 124 g/mol. The summed E-state index contributed by atoms with van der Waals surface area (Å²) in [6.07, 6.45) is 1.22. The lowest BCUT2D eigenvalue weighted by atomic mass is 11.0. The summed E-state index contributed by atoms with van der Waals surface area (Å²) in [5, 5.41) is 0. The quantitative estimate of drug-likeness (QED) is 0.482. The van der Waals surface area contributed by atoms with E-state index in [0.29, 0.717) is 6.64 Å². The lowest BCUT2D eigenvalue weighted by molar-refractivity contribution is 1.53. The van der Waals surface area contributed by atoms with Crippen molar-refractivity contribution in [2.45, 2.75) is 6.92 Å². The minimum Gasteiger partial charge on any atom is -0.0728 e. The second kappa shape index (κ2) is 4.82. The Morgan fingerprint density at radius 3 is 2.60 bits per heavy atom. The SMILES string of the molecule is CCP=[PH]=S. The third-order valence-electron chi connectivity index (χ3n) is 0.223. The molecule has 0 amide bonds. The van der Waals surface area contributed by atoms with Crippen LogP contribution in [0.3, 0.4) is 0 Å². The van der Waals surface area contributed by atoms with E-state index >= 15 is 0 Å². The summed E-state index contributed by atoms with van der Waals surface area (Å²) < 4.78 is 0. The largest absolute Gasteiger partial charge is 0.0728 e. The van der Waals surface area contributed by atoms with Crippen molar-refractivity contribution in [2.75, 3.05) is 6.16 Å². The minimum atomic E-state index is 0.713. The summed E-state index contributed by atoms with van der Waals surface area (Å²) >= 11 is 4.67. The van der Waals surface area contributed by atoms with Crippen LogP contribution in [0.2, 0.25) is 0 Å². The lowest BCUT2D eigenvalue weighted by Gasteiger charge is -1.58. The summed E-state index contributed by atoms with van der Waals surface area (Å²) in [7, 11) is 1.42. The summed E-state index contributed by atoms with van der Waals surface area (Å²) in [5.41, 5.74) is 0. The van der Waals surface area contributed by atoms with Crippen LogP contribution in [0.1, 0.15) is 6.92 Å². The van der Waals surface area contributed by atoms with Gasteiger partial charge >= 0.3 is 0 Å². The van der Waals surface area contributed by atoms with Gasteiger partial charge < -0.3 is 0 Å². The van der Waals surface area contributed by atoms with Crippen LogP contribution in [0.25, 0.3) is 0 Å². The molecule has 0 aliphatic heterocycles. The number of hydrogen-bond acceptors (Lipinski definition) is 1. The zero-order valence-corrected chi connectivity index (χ0v) is 5.77. The number of hydrogen-bond donors (Lipinski definition) is 0. The fourth-order valence-electron chi connectivity index (χ4n) is 0.0645. The van der Waals surface area contributed by atoms with Gasteiger partial charge in [-0.1, -0.05) is 26.6 Å². The average Bonchev–Trinajstić information content (AvgIpc) is 1.41. The van der Waals surface area contributed by atoms with Gasteiger partial charge in [-0.25, -0.2) is 0 Å². The van der Waals surface area contributed by atoms with Gasteiger partial charge in [-0.3, -0.25) is 0 Å². The fraction of sp³-hybridized carbons (Fsp3) is 1.00. The van der Waals surface area contributed by atoms with Gasteiger partial charge in [-0.2, -0.15) is 0 Å². The van der Waals surface area contributed by atoms with E-state index < -0.39 is 0 Å². The van der Waals surface area contributed by atoms with Crippen molar-refractivity contribution < 1.29 is 0 Å². The molecule has 0 saturated heterocycles. The molecule has 0 N–H and O–H groups in total. The van der Waals surface area contributed by atoms with Gasteiger partial charge in [-0.15, -0.1) is 0 Å². The molecule has 0 rings (SSSR count). The van der Waals surface area contributed by atoms with Gasteiger partial charge in [-0.05, 0) is 12.8 Å². The molecule has 0 spiro atoms. The van der Waals surface area contributed by atoms with Crippen LogP contribution in [0.5, 0.6) is 0 Å². The van der Waals surface area contributed by atoms with Crippen LogP contribution >= 0.6 is 14.5 Å². The molecule has 0 radical (unpaired) electrons. The van der Waals surface area contributed by atoms with Crippen LogP contribution in [0.15, 0.2) is 0 Å². The van der Waals surface area contributed by atoms with Crippen molar-refractivity contribution in [2.24, 2.45) is 0 Å². The van der Waals surface area contributed by atoms with Crippen molar-refractivity contribution >= 4 is 26.3 Å². The Balaban J connectivity index is 2.93. The van der Waals surface area contributed by atoms with E-state index in [0.717, 1.165) is 0 Å². The topological polar surface area (TPSA) is 0 Å². The monoisotopic (exact) mass is 124 g/mol. The first-order chi connectivity index (χ1) is 2.41. The first-order valence-corrected chi connectivity index (χ1v) is 5.51. The molecule has 0 aliphatic rings. The van der Waals surface area contributed by atoms with Crippen LogP contribution in [0.4, 0.5) is 0 Å². The molecule has 5 heavy (non-hydrogen) atoms. The molecule has 3 heteroatoms. The molecule has 0 saturated carbocycles. The summed E-state index contributed by atoms with van der Waals surface area (Å²) in [4.78, 5) is 0. The van der Waals surface area contributed by atoms with Gasteiger partial charge in [0.25, 0.3) is 0 Å². The van der Waals surface area contributed by atoms with Crippen molar-refractivity contribution in [1.82, 2.24) is 0 Å². The van der Waals surface area contributed by atoms with Gasteiger partial charge in [0, 0.05) is 0 Å². The molecule has 30 valence electrons. The van der Waals surface area contributed by atoms with E-state index in [1.54, 1.807) is 0 Å². The molecule has 0 aromatic rings. The van der Waals surface area contributed by atoms with Crippen molar-refractivity contribution in [1.29, 1.82) is 0 Å². The van der Waals surface area contributed by atoms with Crippen LogP contribution in [-0.4, -0.2) is 6.16 Å². The third kappa shape index (κ3) is 4.82. The predicted molar refractivity (Wildman–Crippen MR) is 33.1 cm³/mol. The molecular weight excluding hydrogens is 118 g/mol. The van der Waals surface area contributed by atoms with E-state index in [9.17, 15) is 0 Å². The zero-order chi connectivity index (χ0) is 4.12. The number of rotatable bonds is 1. The molecule has 1 unspecified atom stereocenters. The van der Waals surface area contributed by atoms with Crippen molar-refractivity contribution in [3.8, 4) is 0 Å². The normalized spacial score (nSPS) is 9.80. The predicted octanol–water partition coefficient (Wildman–Crippen LogP) is 2.01. The van der Waals surface area contributed by atoms with Gasteiger partial charge in [0.05, 0.1) is 0 Å². The van der Waals surface area contributed by atoms with Crippen LogP contribution < -0.4 is 0 Å². The van der Waals surface area contributed by atoms with Gasteiger partial charge in [0.2, 0.25) is 0 Å². The lowest BCUT2D eigenvalue weighted by Crippen LogP contribution is -1.37. The Bertz CT molecular complexity index is 54.7. The molecule has 0 aromatic heterocycles. The molecule has 0 bridgehead atoms. The Morgan fingerprint density at radius 1 is 2.00 bits per heavy atom. The van der Waals surface area contributed by atoms with Crippen molar-refractivity contribution in [3.05, 3.63) is 0 Å². The minimum absolute atomic E-state index is 0.713. The first kappa shape index (κ1) is 5.82. The van der Waals surface area contributed by atoms with E-state index in [2.05, 4.69) is 18.7 Å². The fourth-order valence-corrected chi connectivity index (χ4v) is 1.74. The molecule has 1 atom stereocenters. The molecular formula is C2H6P2S. The van der Waals surface area contributed by atoms with Crippen LogP contribution in [-0.2, 0) is 11.8 Å². The summed E-state index contributed by atoms with van der Waals surface area (Å²) in [5.74, 6) is 0. The van der Waals surface area contributed by atoms with Crippen molar-refractivity contribution in [3.63, 3.8) is 0 Å². The second-order valence-corrected chi connectivity index (χ2v) is 4.84. The molecule has 0 aliphatic carbocycles. The van der Waals surface area contributed by atoms with Crippen LogP contribution in [0, 0.1) is 0 Å². The molecule has 0 nitrogen and oxygen atoms in total.